The van der Waals surface area contributed by atoms with E-state index in [0.717, 1.165) is 19.6 Å². The number of nitrogens with one attached hydrogen (secondary N) is 1. The highest BCUT2D eigenvalue weighted by Crippen LogP contribution is 2.28. The number of hydrogen-bond donors (Lipinski definition) is 1. The van der Waals surface area contributed by atoms with Crippen LogP contribution in [0, 0.1) is 5.41 Å². The summed E-state index contributed by atoms with van der Waals surface area (Å²) in [6.07, 6.45) is 0. The minimum absolute atomic E-state index is 0.324. The van der Waals surface area contributed by atoms with Gasteiger partial charge < -0.3 is 5.32 Å². The van der Waals surface area contributed by atoms with E-state index in [-0.39, 0.29) is 0 Å². The van der Waals surface area contributed by atoms with E-state index < -0.39 is 0 Å². The van der Waals surface area contributed by atoms with Gasteiger partial charge in [0.15, 0.2) is 0 Å². The summed E-state index contributed by atoms with van der Waals surface area (Å²) in [7, 11) is 0. The van der Waals surface area contributed by atoms with Crippen molar-refractivity contribution in [1.29, 1.82) is 0 Å². The summed E-state index contributed by atoms with van der Waals surface area (Å²) < 4.78 is 1.26. The van der Waals surface area contributed by atoms with E-state index in [1.807, 2.05) is 11.3 Å². The van der Waals surface area contributed by atoms with Crippen LogP contribution >= 0.6 is 27.3 Å². The fourth-order valence-electron chi connectivity index (χ4n) is 2.34. The summed E-state index contributed by atoms with van der Waals surface area (Å²) in [4.78, 5) is 4.04. The van der Waals surface area contributed by atoms with Crippen molar-refractivity contribution < 1.29 is 0 Å². The SMILES string of the molecule is CC1CNC(C(C)(C)C)CN1Cc1sccc1Br. The van der Waals surface area contributed by atoms with Crippen LogP contribution < -0.4 is 5.32 Å². The van der Waals surface area contributed by atoms with Crippen molar-refractivity contribution in [2.75, 3.05) is 13.1 Å². The molecule has 1 aliphatic heterocycles. The zero-order chi connectivity index (χ0) is 13.3. The van der Waals surface area contributed by atoms with Crippen LogP contribution in [0.3, 0.4) is 0 Å². The van der Waals surface area contributed by atoms with Crippen molar-refractivity contribution in [2.45, 2.75) is 46.3 Å². The van der Waals surface area contributed by atoms with Crippen LogP contribution in [0.15, 0.2) is 15.9 Å². The Balaban J connectivity index is 2.04. The summed E-state index contributed by atoms with van der Waals surface area (Å²) >= 11 is 5.48. The zero-order valence-corrected chi connectivity index (χ0v) is 14.1. The normalized spacial score (nSPS) is 26.5. The molecule has 0 spiro atoms. The lowest BCUT2D eigenvalue weighted by atomic mass is 9.85. The second-order valence-electron chi connectivity index (χ2n) is 6.30. The van der Waals surface area contributed by atoms with Gasteiger partial charge in [0.1, 0.15) is 0 Å². The van der Waals surface area contributed by atoms with Crippen molar-refractivity contribution in [3.8, 4) is 0 Å². The highest BCUT2D eigenvalue weighted by Gasteiger charge is 2.32. The Hall–Kier alpha value is 0.100. The van der Waals surface area contributed by atoms with E-state index in [0.29, 0.717) is 17.5 Å². The Labute approximate surface area is 123 Å². The first-order valence-electron chi connectivity index (χ1n) is 6.57. The quantitative estimate of drug-likeness (QED) is 0.889. The van der Waals surface area contributed by atoms with E-state index in [2.05, 4.69) is 65.3 Å². The summed E-state index contributed by atoms with van der Waals surface area (Å²) in [6, 6.07) is 3.33. The average molecular weight is 331 g/mol. The Bertz CT molecular complexity index is 397. The van der Waals surface area contributed by atoms with Crippen LogP contribution in [0.1, 0.15) is 32.6 Å². The van der Waals surface area contributed by atoms with E-state index in [1.54, 1.807) is 0 Å². The Morgan fingerprint density at radius 2 is 2.22 bits per heavy atom. The first kappa shape index (κ1) is 14.5. The molecule has 0 radical (unpaired) electrons. The molecule has 18 heavy (non-hydrogen) atoms. The van der Waals surface area contributed by atoms with Crippen molar-refractivity contribution in [3.05, 3.63) is 20.8 Å². The van der Waals surface area contributed by atoms with Crippen molar-refractivity contribution in [1.82, 2.24) is 10.2 Å². The lowest BCUT2D eigenvalue weighted by Crippen LogP contribution is -2.59. The molecule has 1 N–H and O–H groups in total. The third kappa shape index (κ3) is 3.35. The molecule has 102 valence electrons. The van der Waals surface area contributed by atoms with Crippen molar-refractivity contribution in [2.24, 2.45) is 5.41 Å². The van der Waals surface area contributed by atoms with Crippen LogP contribution in [0.2, 0.25) is 0 Å². The Kier molecular flexibility index (Phi) is 4.52. The molecule has 2 nitrogen and oxygen atoms in total. The maximum Gasteiger partial charge on any atom is 0.0343 e. The van der Waals surface area contributed by atoms with E-state index in [9.17, 15) is 0 Å². The van der Waals surface area contributed by atoms with Gasteiger partial charge in [0, 0.05) is 41.1 Å². The summed E-state index contributed by atoms with van der Waals surface area (Å²) in [6.45, 7) is 12.6. The predicted molar refractivity (Wildman–Crippen MR) is 83.1 cm³/mol. The largest absolute Gasteiger partial charge is 0.311 e. The topological polar surface area (TPSA) is 15.3 Å². The molecule has 1 aliphatic rings. The number of piperazine rings is 1. The van der Waals surface area contributed by atoms with Gasteiger partial charge in [-0.1, -0.05) is 20.8 Å². The Morgan fingerprint density at radius 1 is 1.50 bits per heavy atom. The third-order valence-corrected chi connectivity index (χ3v) is 5.69. The Morgan fingerprint density at radius 3 is 2.78 bits per heavy atom. The molecule has 4 heteroatoms. The summed E-state index contributed by atoms with van der Waals surface area (Å²) in [5.41, 5.74) is 0.324. The molecule has 0 amide bonds. The maximum absolute atomic E-state index is 3.68. The van der Waals surface area contributed by atoms with Crippen LogP contribution in [-0.2, 0) is 6.54 Å². The fraction of sp³-hybridized carbons (Fsp3) is 0.714. The molecule has 0 aliphatic carbocycles. The number of halogens is 1. The second kappa shape index (κ2) is 5.61. The fourth-order valence-corrected chi connectivity index (χ4v) is 3.85. The van der Waals surface area contributed by atoms with Crippen molar-refractivity contribution >= 4 is 27.3 Å². The molecule has 0 bridgehead atoms. The van der Waals surface area contributed by atoms with Crippen LogP contribution in [0.4, 0.5) is 0 Å². The van der Waals surface area contributed by atoms with E-state index in [4.69, 9.17) is 0 Å². The van der Waals surface area contributed by atoms with Crippen molar-refractivity contribution in [3.63, 3.8) is 0 Å². The molecule has 0 aromatic carbocycles. The van der Waals surface area contributed by atoms with E-state index in [1.165, 1.54) is 9.35 Å². The lowest BCUT2D eigenvalue weighted by molar-refractivity contribution is 0.0884. The molecule has 2 unspecified atom stereocenters. The number of rotatable bonds is 2. The standard InChI is InChI=1S/C14H23BrN2S/c1-10-7-16-13(14(2,3)4)9-17(10)8-12-11(15)5-6-18-12/h5-6,10,13,16H,7-9H2,1-4H3. The molecule has 1 aromatic heterocycles. The molecule has 1 aromatic rings. The molecule has 1 fully saturated rings. The maximum atomic E-state index is 3.68. The zero-order valence-electron chi connectivity index (χ0n) is 11.7. The first-order chi connectivity index (χ1) is 8.38. The molecular weight excluding hydrogens is 308 g/mol. The van der Waals surface area contributed by atoms with E-state index >= 15 is 0 Å². The molecule has 0 saturated carbocycles. The summed E-state index contributed by atoms with van der Waals surface area (Å²) in [5.74, 6) is 0. The highest BCUT2D eigenvalue weighted by molar-refractivity contribution is 9.10. The number of thiophene rings is 1. The second-order valence-corrected chi connectivity index (χ2v) is 8.15. The van der Waals surface area contributed by atoms with Gasteiger partial charge in [-0.2, -0.15) is 0 Å². The van der Waals surface area contributed by atoms with Gasteiger partial charge in [-0.05, 0) is 39.7 Å². The van der Waals surface area contributed by atoms with Gasteiger partial charge in [0.2, 0.25) is 0 Å². The number of hydrogen-bond acceptors (Lipinski definition) is 3. The monoisotopic (exact) mass is 330 g/mol. The van der Waals surface area contributed by atoms with Crippen LogP contribution in [0.5, 0.6) is 0 Å². The predicted octanol–water partition coefficient (Wildman–Crippen LogP) is 3.72. The smallest absolute Gasteiger partial charge is 0.0343 e. The molecule has 2 heterocycles. The first-order valence-corrected chi connectivity index (χ1v) is 8.24. The van der Waals surface area contributed by atoms with Gasteiger partial charge in [-0.15, -0.1) is 11.3 Å². The van der Waals surface area contributed by atoms with Gasteiger partial charge in [0.05, 0.1) is 0 Å². The minimum Gasteiger partial charge on any atom is -0.311 e. The molecule has 1 saturated heterocycles. The third-order valence-electron chi connectivity index (χ3n) is 3.78. The van der Waals surface area contributed by atoms with Gasteiger partial charge in [-0.25, -0.2) is 0 Å². The van der Waals surface area contributed by atoms with Crippen LogP contribution in [-0.4, -0.2) is 30.1 Å². The minimum atomic E-state index is 0.324. The molecule has 2 atom stereocenters. The molecular formula is C14H23BrN2S. The average Bonchev–Trinajstić information content (AvgIpc) is 2.66. The summed E-state index contributed by atoms with van der Waals surface area (Å²) in [5, 5.41) is 5.84. The lowest BCUT2D eigenvalue weighted by Gasteiger charge is -2.44. The van der Waals surface area contributed by atoms with Gasteiger partial charge in [0.25, 0.3) is 0 Å². The molecule has 2 rings (SSSR count). The van der Waals surface area contributed by atoms with Crippen LogP contribution in [0.25, 0.3) is 0 Å². The highest BCUT2D eigenvalue weighted by atomic mass is 79.9. The van der Waals surface area contributed by atoms with Gasteiger partial charge in [-0.3, -0.25) is 4.90 Å². The van der Waals surface area contributed by atoms with Gasteiger partial charge >= 0.3 is 0 Å². The number of nitrogens with zero attached hydrogens (tertiary/aromatic N) is 1.